The Bertz CT molecular complexity index is 1320. The summed E-state index contributed by atoms with van der Waals surface area (Å²) in [7, 11) is -1.58. The first-order valence-corrected chi connectivity index (χ1v) is 11.8. The van der Waals surface area contributed by atoms with Gasteiger partial charge in [-0.2, -0.15) is 13.2 Å². The Balaban J connectivity index is 1.97. The fourth-order valence-corrected chi connectivity index (χ4v) is 4.73. The number of anilines is 2. The van der Waals surface area contributed by atoms with Crippen LogP contribution >= 0.6 is 11.6 Å². The van der Waals surface area contributed by atoms with Gasteiger partial charge in [-0.1, -0.05) is 29.8 Å². The van der Waals surface area contributed by atoms with Gasteiger partial charge >= 0.3 is 6.18 Å². The summed E-state index contributed by atoms with van der Waals surface area (Å²) in [5.41, 5.74) is -1.16. The van der Waals surface area contributed by atoms with Gasteiger partial charge in [0, 0.05) is 6.07 Å². The molecule has 35 heavy (non-hydrogen) atoms. The molecule has 0 atom stereocenters. The van der Waals surface area contributed by atoms with Crippen LogP contribution in [-0.4, -0.2) is 35.1 Å². The number of methoxy groups -OCH3 is 2. The van der Waals surface area contributed by atoms with Gasteiger partial charge in [0.05, 0.1) is 41.1 Å². The fourth-order valence-electron chi connectivity index (χ4n) is 3.13. The number of halogens is 4. The Kier molecular flexibility index (Phi) is 7.81. The van der Waals surface area contributed by atoms with Crippen LogP contribution in [0.5, 0.6) is 11.5 Å². The summed E-state index contributed by atoms with van der Waals surface area (Å²) >= 11 is 5.95. The molecule has 0 bridgehead atoms. The van der Waals surface area contributed by atoms with E-state index >= 15 is 0 Å². The van der Waals surface area contributed by atoms with Crippen molar-refractivity contribution in [3.05, 3.63) is 77.3 Å². The minimum Gasteiger partial charge on any atom is -0.493 e. The lowest BCUT2D eigenvalue weighted by Crippen LogP contribution is -2.38. The largest absolute Gasteiger partial charge is 0.493 e. The second kappa shape index (κ2) is 10.4. The number of rotatable bonds is 8. The number of alkyl halides is 3. The second-order valence-electron chi connectivity index (χ2n) is 7.10. The van der Waals surface area contributed by atoms with Crippen LogP contribution in [0.2, 0.25) is 5.02 Å². The fraction of sp³-hybridized carbons (Fsp3) is 0.174. The van der Waals surface area contributed by atoms with Gasteiger partial charge in [0.1, 0.15) is 6.54 Å². The normalized spacial score (nSPS) is 11.6. The van der Waals surface area contributed by atoms with Gasteiger partial charge in [-0.15, -0.1) is 0 Å². The monoisotopic (exact) mass is 528 g/mol. The summed E-state index contributed by atoms with van der Waals surface area (Å²) in [5, 5.41) is 2.13. The number of amides is 1. The van der Waals surface area contributed by atoms with Gasteiger partial charge in [-0.05, 0) is 42.5 Å². The zero-order chi connectivity index (χ0) is 25.8. The Labute approximate surface area is 205 Å². The van der Waals surface area contributed by atoms with E-state index in [9.17, 15) is 26.4 Å². The van der Waals surface area contributed by atoms with Crippen LogP contribution in [0.25, 0.3) is 0 Å². The van der Waals surface area contributed by atoms with Crippen LogP contribution in [0.3, 0.4) is 0 Å². The molecule has 3 aromatic carbocycles. The van der Waals surface area contributed by atoms with Crippen molar-refractivity contribution >= 4 is 38.9 Å². The number of benzene rings is 3. The van der Waals surface area contributed by atoms with E-state index in [1.165, 1.54) is 44.6 Å². The Hall–Kier alpha value is -3.44. The first-order valence-electron chi connectivity index (χ1n) is 9.93. The third kappa shape index (κ3) is 5.98. The molecule has 0 saturated heterocycles. The summed E-state index contributed by atoms with van der Waals surface area (Å²) in [6, 6.07) is 14.1. The van der Waals surface area contributed by atoms with Crippen LogP contribution in [0.15, 0.2) is 71.6 Å². The highest BCUT2D eigenvalue weighted by Crippen LogP contribution is 2.35. The van der Waals surface area contributed by atoms with Crippen molar-refractivity contribution in [2.24, 2.45) is 0 Å². The summed E-state index contributed by atoms with van der Waals surface area (Å²) < 4.78 is 77.4. The zero-order valence-electron chi connectivity index (χ0n) is 18.5. The first kappa shape index (κ1) is 26.2. The van der Waals surface area contributed by atoms with Crippen LogP contribution in [0, 0.1) is 0 Å². The SMILES string of the molecule is COc1ccc(S(=O)(=O)N(CC(=O)Nc2cc(C(F)(F)F)ccc2Cl)c2ccccc2)cc1OC. The number of carbonyl (C=O) groups is 1. The highest BCUT2D eigenvalue weighted by Gasteiger charge is 2.32. The Morgan fingerprint density at radius 2 is 1.63 bits per heavy atom. The van der Waals surface area contributed by atoms with E-state index in [0.29, 0.717) is 11.8 Å². The van der Waals surface area contributed by atoms with Crippen molar-refractivity contribution in [2.75, 3.05) is 30.4 Å². The maximum atomic E-state index is 13.5. The number of nitrogens with zero attached hydrogens (tertiary/aromatic N) is 1. The average molecular weight is 529 g/mol. The van der Waals surface area contributed by atoms with Crippen LogP contribution in [0.1, 0.15) is 5.56 Å². The van der Waals surface area contributed by atoms with E-state index in [1.54, 1.807) is 18.2 Å². The van der Waals surface area contributed by atoms with E-state index in [-0.39, 0.29) is 27.0 Å². The molecule has 0 saturated carbocycles. The molecule has 3 aromatic rings. The molecular formula is C23H20ClF3N2O5S. The van der Waals surface area contributed by atoms with E-state index < -0.39 is 34.2 Å². The van der Waals surface area contributed by atoms with Gasteiger partial charge in [0.15, 0.2) is 11.5 Å². The molecule has 3 rings (SSSR count). The highest BCUT2D eigenvalue weighted by atomic mass is 35.5. The van der Waals surface area contributed by atoms with E-state index in [0.717, 1.165) is 16.4 Å². The standard InChI is InChI=1S/C23H20ClF3N2O5S/c1-33-20-11-9-17(13-21(20)34-2)35(31,32)29(16-6-4-3-5-7-16)14-22(30)28-19-12-15(23(25,26)27)8-10-18(19)24/h3-13H,14H2,1-2H3,(H,28,30). The lowest BCUT2D eigenvalue weighted by molar-refractivity contribution is -0.137. The Morgan fingerprint density at radius 1 is 0.971 bits per heavy atom. The quantitative estimate of drug-likeness (QED) is 0.434. The molecule has 0 spiro atoms. The molecule has 0 unspecified atom stereocenters. The summed E-state index contributed by atoms with van der Waals surface area (Å²) in [6.45, 7) is -0.743. The first-order chi connectivity index (χ1) is 16.5. The summed E-state index contributed by atoms with van der Waals surface area (Å²) in [5.74, 6) is -0.449. The predicted octanol–water partition coefficient (Wildman–Crippen LogP) is 5.21. The van der Waals surface area contributed by atoms with Crippen LogP contribution in [-0.2, 0) is 21.0 Å². The molecule has 1 amide bonds. The summed E-state index contributed by atoms with van der Waals surface area (Å²) in [4.78, 5) is 12.6. The van der Waals surface area contributed by atoms with E-state index in [4.69, 9.17) is 21.1 Å². The molecule has 0 heterocycles. The van der Waals surface area contributed by atoms with Crippen molar-refractivity contribution in [2.45, 2.75) is 11.1 Å². The molecule has 0 aromatic heterocycles. The molecule has 12 heteroatoms. The van der Waals surface area contributed by atoms with Gasteiger partial charge in [-0.25, -0.2) is 8.42 Å². The van der Waals surface area contributed by atoms with Gasteiger partial charge in [0.2, 0.25) is 5.91 Å². The molecule has 186 valence electrons. The number of para-hydroxylation sites is 1. The van der Waals surface area contributed by atoms with Crippen molar-refractivity contribution in [1.82, 2.24) is 0 Å². The molecule has 0 radical (unpaired) electrons. The third-order valence-electron chi connectivity index (χ3n) is 4.84. The molecule has 0 aliphatic carbocycles. The second-order valence-corrected chi connectivity index (χ2v) is 9.37. The minimum atomic E-state index is -4.66. The number of ether oxygens (including phenoxy) is 2. The van der Waals surface area contributed by atoms with Gasteiger partial charge < -0.3 is 14.8 Å². The van der Waals surface area contributed by atoms with Crippen molar-refractivity contribution in [1.29, 1.82) is 0 Å². The number of nitrogens with one attached hydrogen (secondary N) is 1. The van der Waals surface area contributed by atoms with Crippen molar-refractivity contribution in [3.63, 3.8) is 0 Å². The zero-order valence-corrected chi connectivity index (χ0v) is 20.0. The van der Waals surface area contributed by atoms with Crippen LogP contribution < -0.4 is 19.1 Å². The molecule has 7 nitrogen and oxygen atoms in total. The predicted molar refractivity (Wildman–Crippen MR) is 126 cm³/mol. The highest BCUT2D eigenvalue weighted by molar-refractivity contribution is 7.92. The third-order valence-corrected chi connectivity index (χ3v) is 6.94. The number of carbonyl (C=O) groups excluding carboxylic acids is 1. The van der Waals surface area contributed by atoms with Crippen LogP contribution in [0.4, 0.5) is 24.5 Å². The van der Waals surface area contributed by atoms with Crippen molar-refractivity contribution in [3.8, 4) is 11.5 Å². The molecular weight excluding hydrogens is 509 g/mol. The molecule has 0 aliphatic rings. The number of hydrogen-bond acceptors (Lipinski definition) is 5. The van der Waals surface area contributed by atoms with Gasteiger partial charge in [-0.3, -0.25) is 9.10 Å². The maximum Gasteiger partial charge on any atom is 0.416 e. The van der Waals surface area contributed by atoms with E-state index in [1.807, 2.05) is 0 Å². The lowest BCUT2D eigenvalue weighted by atomic mass is 10.2. The smallest absolute Gasteiger partial charge is 0.416 e. The molecule has 1 N–H and O–H groups in total. The van der Waals surface area contributed by atoms with Crippen molar-refractivity contribution < 1.29 is 35.9 Å². The molecule has 0 fully saturated rings. The maximum absolute atomic E-state index is 13.5. The average Bonchev–Trinajstić information content (AvgIpc) is 2.83. The Morgan fingerprint density at radius 3 is 2.23 bits per heavy atom. The van der Waals surface area contributed by atoms with E-state index in [2.05, 4.69) is 5.32 Å². The minimum absolute atomic E-state index is 0.139. The summed E-state index contributed by atoms with van der Waals surface area (Å²) in [6.07, 6.45) is -4.66. The lowest BCUT2D eigenvalue weighted by Gasteiger charge is -2.24. The molecule has 0 aliphatic heterocycles. The number of sulfonamides is 1. The van der Waals surface area contributed by atoms with Gasteiger partial charge in [0.25, 0.3) is 10.0 Å². The topological polar surface area (TPSA) is 84.9 Å². The number of hydrogen-bond donors (Lipinski definition) is 1.